The van der Waals surface area contributed by atoms with E-state index in [-0.39, 0.29) is 18.0 Å². The number of aromatic nitrogens is 2. The second-order valence-corrected chi connectivity index (χ2v) is 3.72. The molecule has 2 rings (SSSR count). The number of anilines is 1. The minimum absolute atomic E-state index is 0.0585. The number of non-ortho nitro benzene ring substituents is 1. The van der Waals surface area contributed by atoms with E-state index in [0.29, 0.717) is 5.75 Å². The third-order valence-electron chi connectivity index (χ3n) is 2.48. The highest BCUT2D eigenvalue weighted by Crippen LogP contribution is 2.26. The topological polar surface area (TPSA) is 96.2 Å². The van der Waals surface area contributed by atoms with Crippen molar-refractivity contribution in [2.45, 2.75) is 6.61 Å². The molecule has 1 aromatic carbocycles. The summed E-state index contributed by atoms with van der Waals surface area (Å²) in [6, 6.07) is 4.11. The van der Waals surface area contributed by atoms with Crippen LogP contribution in [0.2, 0.25) is 0 Å². The molecule has 7 nitrogen and oxygen atoms in total. The zero-order valence-corrected chi connectivity index (χ0v) is 9.74. The summed E-state index contributed by atoms with van der Waals surface area (Å²) >= 11 is 0. The number of nitro groups is 1. The van der Waals surface area contributed by atoms with Crippen LogP contribution in [0.15, 0.2) is 30.6 Å². The van der Waals surface area contributed by atoms with Gasteiger partial charge in [-0.3, -0.25) is 10.1 Å². The molecule has 0 radical (unpaired) electrons. The highest BCUT2D eigenvalue weighted by atomic mass is 16.6. The standard InChI is InChI=1S/C11H12N4O3/c1-14-5-4-13-11(14)7-18-10-3-2-8(15(16)17)6-9(10)12/h2-6H,7,12H2,1H3. The molecule has 0 unspecified atom stereocenters. The Morgan fingerprint density at radius 1 is 1.56 bits per heavy atom. The first-order valence-corrected chi connectivity index (χ1v) is 5.21. The number of hydrogen-bond acceptors (Lipinski definition) is 5. The Labute approximate surface area is 103 Å². The third-order valence-corrected chi connectivity index (χ3v) is 2.48. The van der Waals surface area contributed by atoms with Crippen molar-refractivity contribution < 1.29 is 9.66 Å². The second-order valence-electron chi connectivity index (χ2n) is 3.72. The van der Waals surface area contributed by atoms with Crippen LogP contribution in [0.25, 0.3) is 0 Å². The normalized spacial score (nSPS) is 10.3. The fraction of sp³-hybridized carbons (Fsp3) is 0.182. The summed E-state index contributed by atoms with van der Waals surface area (Å²) in [5.74, 6) is 1.15. The van der Waals surface area contributed by atoms with Crippen LogP contribution in [0, 0.1) is 10.1 Å². The van der Waals surface area contributed by atoms with Gasteiger partial charge in [0.1, 0.15) is 18.2 Å². The molecule has 0 aliphatic rings. The molecule has 0 aliphatic carbocycles. The highest BCUT2D eigenvalue weighted by molar-refractivity contribution is 5.58. The molecule has 94 valence electrons. The van der Waals surface area contributed by atoms with Gasteiger partial charge < -0.3 is 15.0 Å². The van der Waals surface area contributed by atoms with Gasteiger partial charge in [-0.25, -0.2) is 4.98 Å². The Bertz CT molecular complexity index is 579. The van der Waals surface area contributed by atoms with Crippen LogP contribution in [-0.2, 0) is 13.7 Å². The van der Waals surface area contributed by atoms with Gasteiger partial charge >= 0.3 is 0 Å². The summed E-state index contributed by atoms with van der Waals surface area (Å²) in [5, 5.41) is 10.5. The predicted molar refractivity (Wildman–Crippen MR) is 65.0 cm³/mol. The Balaban J connectivity index is 2.11. The number of imidazole rings is 1. The lowest BCUT2D eigenvalue weighted by atomic mass is 10.2. The number of benzene rings is 1. The largest absolute Gasteiger partial charge is 0.484 e. The Kier molecular flexibility index (Phi) is 3.13. The number of rotatable bonds is 4. The average Bonchev–Trinajstić information content (AvgIpc) is 2.73. The molecule has 1 aromatic heterocycles. The lowest BCUT2D eigenvalue weighted by molar-refractivity contribution is -0.384. The van der Waals surface area contributed by atoms with Crippen molar-refractivity contribution in [1.82, 2.24) is 9.55 Å². The van der Waals surface area contributed by atoms with Crippen molar-refractivity contribution >= 4 is 11.4 Å². The van der Waals surface area contributed by atoms with Gasteiger partial charge in [0.25, 0.3) is 5.69 Å². The molecule has 0 atom stereocenters. The van der Waals surface area contributed by atoms with Gasteiger partial charge in [0.05, 0.1) is 10.6 Å². The second kappa shape index (κ2) is 4.74. The molecule has 0 aliphatic heterocycles. The number of aryl methyl sites for hydroxylation is 1. The van der Waals surface area contributed by atoms with Crippen LogP contribution in [0.3, 0.4) is 0 Å². The van der Waals surface area contributed by atoms with Gasteiger partial charge in [-0.2, -0.15) is 0 Å². The van der Waals surface area contributed by atoms with Crippen LogP contribution in [-0.4, -0.2) is 14.5 Å². The Morgan fingerprint density at radius 2 is 2.33 bits per heavy atom. The number of nitro benzene ring substituents is 1. The lowest BCUT2D eigenvalue weighted by Gasteiger charge is -2.08. The molecular formula is C11H12N4O3. The molecule has 0 fully saturated rings. The summed E-state index contributed by atoms with van der Waals surface area (Å²) in [6.45, 7) is 0.255. The minimum atomic E-state index is -0.501. The van der Waals surface area contributed by atoms with Crippen molar-refractivity contribution in [3.8, 4) is 5.75 Å². The highest BCUT2D eigenvalue weighted by Gasteiger charge is 2.10. The van der Waals surface area contributed by atoms with Crippen molar-refractivity contribution in [2.24, 2.45) is 7.05 Å². The van der Waals surface area contributed by atoms with Crippen LogP contribution in [0.1, 0.15) is 5.82 Å². The predicted octanol–water partition coefficient (Wildman–Crippen LogP) is 1.49. The summed E-state index contributed by atoms with van der Waals surface area (Å²) in [4.78, 5) is 14.1. The van der Waals surface area contributed by atoms with Crippen LogP contribution < -0.4 is 10.5 Å². The van der Waals surface area contributed by atoms with Crippen LogP contribution in [0.5, 0.6) is 5.75 Å². The zero-order chi connectivity index (χ0) is 13.1. The fourth-order valence-corrected chi connectivity index (χ4v) is 1.46. The van der Waals surface area contributed by atoms with Crippen molar-refractivity contribution in [1.29, 1.82) is 0 Å². The van der Waals surface area contributed by atoms with Gasteiger partial charge in [0.2, 0.25) is 0 Å². The molecule has 2 aromatic rings. The van der Waals surface area contributed by atoms with E-state index in [1.165, 1.54) is 18.2 Å². The number of nitrogen functional groups attached to an aromatic ring is 1. The zero-order valence-electron chi connectivity index (χ0n) is 9.74. The number of nitrogens with zero attached hydrogens (tertiary/aromatic N) is 3. The van der Waals surface area contributed by atoms with E-state index in [9.17, 15) is 10.1 Å². The van der Waals surface area contributed by atoms with E-state index in [1.807, 2.05) is 11.6 Å². The lowest BCUT2D eigenvalue weighted by Crippen LogP contribution is -2.04. The monoisotopic (exact) mass is 248 g/mol. The molecule has 2 N–H and O–H groups in total. The average molecular weight is 248 g/mol. The summed E-state index contributed by atoms with van der Waals surface area (Å²) in [5.41, 5.74) is 5.86. The minimum Gasteiger partial charge on any atom is -0.484 e. The summed E-state index contributed by atoms with van der Waals surface area (Å²) < 4.78 is 7.29. The molecule has 7 heteroatoms. The van der Waals surface area contributed by atoms with Gasteiger partial charge in [0.15, 0.2) is 0 Å². The van der Waals surface area contributed by atoms with E-state index >= 15 is 0 Å². The van der Waals surface area contributed by atoms with Gasteiger partial charge in [-0.15, -0.1) is 0 Å². The number of hydrogen-bond donors (Lipinski definition) is 1. The van der Waals surface area contributed by atoms with Gasteiger partial charge in [0, 0.05) is 31.6 Å². The van der Waals surface area contributed by atoms with Gasteiger partial charge in [-0.1, -0.05) is 0 Å². The molecule has 18 heavy (non-hydrogen) atoms. The quantitative estimate of drug-likeness (QED) is 0.502. The maximum absolute atomic E-state index is 10.5. The number of ether oxygens (including phenoxy) is 1. The van der Waals surface area contributed by atoms with E-state index in [2.05, 4.69) is 4.98 Å². The van der Waals surface area contributed by atoms with E-state index in [0.717, 1.165) is 5.82 Å². The Hall–Kier alpha value is -2.57. The SMILES string of the molecule is Cn1ccnc1COc1ccc([N+](=O)[O-])cc1N. The van der Waals surface area contributed by atoms with E-state index < -0.39 is 4.92 Å². The molecule has 0 bridgehead atoms. The van der Waals surface area contributed by atoms with Crippen LogP contribution >= 0.6 is 0 Å². The van der Waals surface area contributed by atoms with Crippen LogP contribution in [0.4, 0.5) is 11.4 Å². The maximum Gasteiger partial charge on any atom is 0.271 e. The Morgan fingerprint density at radius 3 is 2.89 bits per heavy atom. The first-order valence-electron chi connectivity index (χ1n) is 5.21. The molecular weight excluding hydrogens is 236 g/mol. The van der Waals surface area contributed by atoms with Gasteiger partial charge in [-0.05, 0) is 6.07 Å². The first-order chi connectivity index (χ1) is 8.58. The molecule has 0 amide bonds. The summed E-state index contributed by atoms with van der Waals surface area (Å²) in [7, 11) is 1.85. The van der Waals surface area contributed by atoms with Crippen molar-refractivity contribution in [3.63, 3.8) is 0 Å². The van der Waals surface area contributed by atoms with Crippen molar-refractivity contribution in [3.05, 3.63) is 46.5 Å². The fourth-order valence-electron chi connectivity index (χ4n) is 1.46. The maximum atomic E-state index is 10.5. The van der Waals surface area contributed by atoms with E-state index in [1.54, 1.807) is 12.4 Å². The van der Waals surface area contributed by atoms with E-state index in [4.69, 9.17) is 10.5 Å². The van der Waals surface area contributed by atoms with Crippen molar-refractivity contribution in [2.75, 3.05) is 5.73 Å². The third kappa shape index (κ3) is 2.40. The molecule has 0 spiro atoms. The number of nitrogens with two attached hydrogens (primary N) is 1. The summed E-state index contributed by atoms with van der Waals surface area (Å²) in [6.07, 6.45) is 3.47. The molecule has 1 heterocycles. The first kappa shape index (κ1) is 11.9. The molecule has 0 saturated heterocycles. The molecule has 0 saturated carbocycles. The smallest absolute Gasteiger partial charge is 0.271 e.